The van der Waals surface area contributed by atoms with Crippen LogP contribution in [-0.2, 0) is 0 Å². The van der Waals surface area contributed by atoms with Crippen LogP contribution >= 0.6 is 11.3 Å². The smallest absolute Gasteiger partial charge is 0.366 e. The van der Waals surface area contributed by atoms with Gasteiger partial charge in [0.2, 0.25) is 10.9 Å². The molecule has 1 aromatic carbocycles. The Kier molecular flexibility index (Phi) is 2.84. The number of hydrogen-bond acceptors (Lipinski definition) is 5. The highest BCUT2D eigenvalue weighted by molar-refractivity contribution is 7.13. The summed E-state index contributed by atoms with van der Waals surface area (Å²) in [6, 6.07) is 6.61. The van der Waals surface area contributed by atoms with E-state index in [0.717, 1.165) is 11.3 Å². The number of carbonyl (C=O) groups excluding carboxylic acids is 1. The summed E-state index contributed by atoms with van der Waals surface area (Å²) in [5.74, 6) is -0.817. The molecule has 7 heteroatoms. The minimum absolute atomic E-state index is 0.232. The van der Waals surface area contributed by atoms with E-state index < -0.39 is 10.8 Å². The molecule has 0 saturated heterocycles. The van der Waals surface area contributed by atoms with Crippen LogP contribution in [-0.4, -0.2) is 15.8 Å². The molecule has 0 spiro atoms. The number of nitrogens with zero attached hydrogens (tertiary/aromatic N) is 2. The quantitative estimate of drug-likeness (QED) is 0.662. The molecule has 0 aliphatic rings. The fourth-order valence-electron chi connectivity index (χ4n) is 1.36. The zero-order chi connectivity index (χ0) is 12.4. The third kappa shape index (κ3) is 2.13. The number of nitro groups is 1. The van der Waals surface area contributed by atoms with Crippen molar-refractivity contribution in [3.8, 4) is 10.6 Å². The molecular formula is C10H7N3O3S. The van der Waals surface area contributed by atoms with Crippen molar-refractivity contribution in [3.05, 3.63) is 45.3 Å². The van der Waals surface area contributed by atoms with Gasteiger partial charge in [-0.15, -0.1) is 0 Å². The molecule has 0 atom stereocenters. The second kappa shape index (κ2) is 4.30. The first kappa shape index (κ1) is 11.2. The van der Waals surface area contributed by atoms with Gasteiger partial charge in [0.1, 0.15) is 0 Å². The zero-order valence-corrected chi connectivity index (χ0v) is 9.31. The largest absolute Gasteiger partial charge is 0.375 e. The number of nitrogens with two attached hydrogens (primary N) is 1. The minimum atomic E-state index is -0.585. The maximum atomic E-state index is 11.2. The summed E-state index contributed by atoms with van der Waals surface area (Å²) in [5.41, 5.74) is 6.04. The molecule has 2 rings (SSSR count). The summed E-state index contributed by atoms with van der Waals surface area (Å²) in [6.07, 6.45) is 0. The van der Waals surface area contributed by atoms with Gasteiger partial charge < -0.3 is 15.8 Å². The topological polar surface area (TPSA) is 99.1 Å². The molecule has 17 heavy (non-hydrogen) atoms. The van der Waals surface area contributed by atoms with Gasteiger partial charge in [0.25, 0.3) is 0 Å². The van der Waals surface area contributed by atoms with Crippen molar-refractivity contribution in [3.63, 3.8) is 0 Å². The molecule has 0 fully saturated rings. The van der Waals surface area contributed by atoms with Gasteiger partial charge in [-0.05, 0) is 22.0 Å². The molecule has 0 aliphatic carbocycles. The summed E-state index contributed by atoms with van der Waals surface area (Å²) >= 11 is 1.10. The lowest BCUT2D eigenvalue weighted by Crippen LogP contribution is -2.12. The molecule has 1 heterocycles. The molecule has 0 saturated carbocycles. The summed E-state index contributed by atoms with van der Waals surface area (Å²) in [5, 5.41) is 12.3. The second-order valence-corrected chi connectivity index (χ2v) is 4.04. The van der Waals surface area contributed by atoms with E-state index in [1.54, 1.807) is 24.3 Å². The van der Waals surface area contributed by atoms with Crippen molar-refractivity contribution >= 4 is 23.1 Å². The highest BCUT2D eigenvalue weighted by Gasteiger charge is 2.19. The fraction of sp³-hybridized carbons (Fsp3) is 0. The van der Waals surface area contributed by atoms with Crippen LogP contribution in [0, 0.1) is 10.1 Å². The first-order chi connectivity index (χ1) is 8.09. The Labute approximate surface area is 99.9 Å². The van der Waals surface area contributed by atoms with Crippen LogP contribution in [0.5, 0.6) is 0 Å². The normalized spacial score (nSPS) is 10.1. The summed E-state index contributed by atoms with van der Waals surface area (Å²) in [4.78, 5) is 25.0. The number of rotatable bonds is 3. The van der Waals surface area contributed by atoms with Gasteiger partial charge in [0, 0.05) is 5.56 Å². The van der Waals surface area contributed by atoms with Gasteiger partial charge in [-0.1, -0.05) is 23.5 Å². The molecule has 1 aromatic heterocycles. The van der Waals surface area contributed by atoms with Gasteiger partial charge in [-0.2, -0.15) is 0 Å². The maximum Gasteiger partial charge on any atom is 0.375 e. The fourth-order valence-corrected chi connectivity index (χ4v) is 2.16. The van der Waals surface area contributed by atoms with E-state index in [1.165, 1.54) is 5.38 Å². The van der Waals surface area contributed by atoms with Crippen LogP contribution < -0.4 is 5.73 Å². The maximum absolute atomic E-state index is 11.2. The molecular weight excluding hydrogens is 242 g/mol. The van der Waals surface area contributed by atoms with E-state index in [-0.39, 0.29) is 5.82 Å². The van der Waals surface area contributed by atoms with E-state index in [0.29, 0.717) is 16.1 Å². The lowest BCUT2D eigenvalue weighted by atomic mass is 10.1. The molecule has 0 aliphatic heterocycles. The highest BCUT2D eigenvalue weighted by atomic mass is 32.1. The van der Waals surface area contributed by atoms with E-state index in [2.05, 4.69) is 4.98 Å². The number of carbonyl (C=O) groups is 1. The molecule has 0 unspecified atom stereocenters. The number of hydrogen-bond donors (Lipinski definition) is 1. The Morgan fingerprint density at radius 2 is 2.12 bits per heavy atom. The van der Waals surface area contributed by atoms with Crippen molar-refractivity contribution in [1.29, 1.82) is 0 Å². The number of benzene rings is 1. The molecule has 6 nitrogen and oxygen atoms in total. The van der Waals surface area contributed by atoms with Crippen LogP contribution in [0.3, 0.4) is 0 Å². The van der Waals surface area contributed by atoms with Crippen LogP contribution in [0.2, 0.25) is 0 Å². The first-order valence-electron chi connectivity index (χ1n) is 4.58. The lowest BCUT2D eigenvalue weighted by molar-refractivity contribution is -0.389. The zero-order valence-electron chi connectivity index (χ0n) is 8.49. The highest BCUT2D eigenvalue weighted by Crippen LogP contribution is 2.29. The van der Waals surface area contributed by atoms with E-state index in [1.807, 2.05) is 0 Å². The Hall–Kier alpha value is -2.28. The van der Waals surface area contributed by atoms with Crippen LogP contribution in [0.15, 0.2) is 29.6 Å². The number of primary amides is 1. The van der Waals surface area contributed by atoms with Crippen molar-refractivity contribution in [1.82, 2.24) is 4.98 Å². The van der Waals surface area contributed by atoms with Gasteiger partial charge >= 0.3 is 5.82 Å². The molecule has 2 aromatic rings. The van der Waals surface area contributed by atoms with E-state index in [4.69, 9.17) is 5.73 Å². The monoisotopic (exact) mass is 249 g/mol. The average Bonchev–Trinajstić information content (AvgIpc) is 2.78. The summed E-state index contributed by atoms with van der Waals surface area (Å²) < 4.78 is 0. The number of thiazole rings is 1. The average molecular weight is 249 g/mol. The van der Waals surface area contributed by atoms with E-state index in [9.17, 15) is 14.9 Å². The second-order valence-electron chi connectivity index (χ2n) is 3.18. The third-order valence-corrected chi connectivity index (χ3v) is 2.97. The lowest BCUT2D eigenvalue weighted by Gasteiger charge is -1.99. The van der Waals surface area contributed by atoms with Crippen LogP contribution in [0.25, 0.3) is 10.6 Å². The number of aromatic nitrogens is 1. The molecule has 0 bridgehead atoms. The Morgan fingerprint density at radius 3 is 2.71 bits per heavy atom. The van der Waals surface area contributed by atoms with Gasteiger partial charge in [-0.3, -0.25) is 4.79 Å². The van der Waals surface area contributed by atoms with Crippen molar-refractivity contribution in [2.75, 3.05) is 0 Å². The standard InChI is InChI=1S/C10H7N3O3S/c11-9(14)6-3-1-2-4-7(6)10-12-8(5-17-10)13(15)16/h1-5H,(H2,11,14). The van der Waals surface area contributed by atoms with Gasteiger partial charge in [0.15, 0.2) is 0 Å². The Morgan fingerprint density at radius 1 is 1.41 bits per heavy atom. The van der Waals surface area contributed by atoms with Crippen molar-refractivity contribution in [2.45, 2.75) is 0 Å². The Balaban J connectivity index is 2.52. The SMILES string of the molecule is NC(=O)c1ccccc1-c1nc([N+](=O)[O-])cs1. The first-order valence-corrected chi connectivity index (χ1v) is 5.46. The van der Waals surface area contributed by atoms with Gasteiger partial charge in [0.05, 0.1) is 10.9 Å². The van der Waals surface area contributed by atoms with Crippen LogP contribution in [0.4, 0.5) is 5.82 Å². The summed E-state index contributed by atoms with van der Waals surface area (Å²) in [6.45, 7) is 0. The molecule has 1 amide bonds. The molecule has 86 valence electrons. The van der Waals surface area contributed by atoms with Crippen LogP contribution in [0.1, 0.15) is 10.4 Å². The molecule has 0 radical (unpaired) electrons. The number of amides is 1. The predicted molar refractivity (Wildman–Crippen MR) is 62.7 cm³/mol. The van der Waals surface area contributed by atoms with Crippen molar-refractivity contribution in [2.24, 2.45) is 5.73 Å². The van der Waals surface area contributed by atoms with Gasteiger partial charge in [-0.25, -0.2) is 0 Å². The summed E-state index contributed by atoms with van der Waals surface area (Å²) in [7, 11) is 0. The predicted octanol–water partition coefficient (Wildman–Crippen LogP) is 1.82. The Bertz CT molecular complexity index is 594. The molecule has 2 N–H and O–H groups in total. The van der Waals surface area contributed by atoms with E-state index >= 15 is 0 Å². The van der Waals surface area contributed by atoms with Crippen molar-refractivity contribution < 1.29 is 9.72 Å². The third-order valence-electron chi connectivity index (χ3n) is 2.10. The minimum Gasteiger partial charge on any atom is -0.366 e.